The van der Waals surface area contributed by atoms with Crippen LogP contribution in [0.1, 0.15) is 27.7 Å². The molecule has 12 heavy (non-hydrogen) atoms. The Kier molecular flexibility index (Phi) is 3.75. The van der Waals surface area contributed by atoms with Gasteiger partial charge in [-0.25, -0.2) is 0 Å². The maximum Gasteiger partial charge on any atom is 0.237 e. The van der Waals surface area contributed by atoms with Crippen molar-refractivity contribution < 1.29 is 4.79 Å². The molecular weight excluding hydrogens is 152 g/mol. The molecule has 68 valence electrons. The number of hydrogen-bond acceptors (Lipinski definition) is 2. The summed E-state index contributed by atoms with van der Waals surface area (Å²) in [5, 5.41) is 11.1. The van der Waals surface area contributed by atoms with Gasteiger partial charge in [0.25, 0.3) is 0 Å². The van der Waals surface area contributed by atoms with Gasteiger partial charge in [0.1, 0.15) is 5.92 Å². The van der Waals surface area contributed by atoms with Gasteiger partial charge in [0.15, 0.2) is 0 Å². The van der Waals surface area contributed by atoms with Crippen molar-refractivity contribution in [3.8, 4) is 6.07 Å². The fourth-order valence-electron chi connectivity index (χ4n) is 0.564. The zero-order chi connectivity index (χ0) is 9.78. The first kappa shape index (κ1) is 11.0. The molecule has 0 saturated carbocycles. The predicted octanol–water partition coefficient (Wildman–Crippen LogP) is 1.31. The van der Waals surface area contributed by atoms with Crippen LogP contribution in [0.5, 0.6) is 0 Å². The molecule has 0 aliphatic heterocycles. The highest BCUT2D eigenvalue weighted by Gasteiger charge is 2.15. The molecule has 1 N–H and O–H groups in total. The summed E-state index contributed by atoms with van der Waals surface area (Å²) in [4.78, 5) is 11.1. The van der Waals surface area contributed by atoms with Gasteiger partial charge in [-0.3, -0.25) is 4.79 Å². The molecule has 1 amide bonds. The number of amides is 1. The number of carbonyl (C=O) groups is 1. The molecule has 0 aromatic rings. The van der Waals surface area contributed by atoms with Crippen molar-refractivity contribution in [2.75, 3.05) is 6.54 Å². The molecule has 0 fully saturated rings. The second kappa shape index (κ2) is 4.10. The Hall–Kier alpha value is -1.04. The molecule has 1 unspecified atom stereocenters. The highest BCUT2D eigenvalue weighted by Crippen LogP contribution is 2.10. The van der Waals surface area contributed by atoms with E-state index < -0.39 is 5.92 Å². The van der Waals surface area contributed by atoms with Crippen LogP contribution in [0.2, 0.25) is 0 Å². The zero-order valence-electron chi connectivity index (χ0n) is 8.14. The van der Waals surface area contributed by atoms with Gasteiger partial charge < -0.3 is 5.32 Å². The van der Waals surface area contributed by atoms with E-state index in [1.807, 2.05) is 26.8 Å². The summed E-state index contributed by atoms with van der Waals surface area (Å²) >= 11 is 0. The smallest absolute Gasteiger partial charge is 0.237 e. The predicted molar refractivity (Wildman–Crippen MR) is 47.2 cm³/mol. The van der Waals surface area contributed by atoms with Gasteiger partial charge in [0, 0.05) is 6.54 Å². The maximum atomic E-state index is 11.1. The van der Waals surface area contributed by atoms with Crippen molar-refractivity contribution >= 4 is 5.91 Å². The molecule has 1 atom stereocenters. The molecule has 3 nitrogen and oxygen atoms in total. The standard InChI is InChI=1S/C9H16N2O/c1-7(5-10)8(12)11-6-9(2,3)4/h7H,6H2,1-4H3,(H,11,12). The summed E-state index contributed by atoms with van der Waals surface area (Å²) in [5.41, 5.74) is 0.0742. The van der Waals surface area contributed by atoms with Crippen molar-refractivity contribution in [3.63, 3.8) is 0 Å². The zero-order valence-corrected chi connectivity index (χ0v) is 8.14. The number of rotatable bonds is 2. The number of carbonyl (C=O) groups excluding carboxylic acids is 1. The summed E-state index contributed by atoms with van der Waals surface area (Å²) < 4.78 is 0. The molecule has 0 rings (SSSR count). The van der Waals surface area contributed by atoms with E-state index in [4.69, 9.17) is 5.26 Å². The first-order chi connectivity index (χ1) is 5.37. The van der Waals surface area contributed by atoms with Gasteiger partial charge in [-0.1, -0.05) is 20.8 Å². The van der Waals surface area contributed by atoms with Gasteiger partial charge in [0.05, 0.1) is 6.07 Å². The van der Waals surface area contributed by atoms with E-state index in [-0.39, 0.29) is 11.3 Å². The Morgan fingerprint density at radius 3 is 2.42 bits per heavy atom. The molecular formula is C9H16N2O. The van der Waals surface area contributed by atoms with Crippen molar-refractivity contribution in [2.24, 2.45) is 11.3 Å². The summed E-state index contributed by atoms with van der Waals surface area (Å²) in [5.74, 6) is -0.736. The largest absolute Gasteiger partial charge is 0.354 e. The van der Waals surface area contributed by atoms with Crippen LogP contribution in [0.3, 0.4) is 0 Å². The average molecular weight is 168 g/mol. The summed E-state index contributed by atoms with van der Waals surface area (Å²) in [6.45, 7) is 8.30. The summed E-state index contributed by atoms with van der Waals surface area (Å²) in [7, 11) is 0. The number of hydrogen-bond donors (Lipinski definition) is 1. The lowest BCUT2D eigenvalue weighted by Gasteiger charge is -2.18. The lowest BCUT2D eigenvalue weighted by atomic mass is 9.97. The number of nitrogens with one attached hydrogen (secondary N) is 1. The molecule has 0 spiro atoms. The van der Waals surface area contributed by atoms with Crippen molar-refractivity contribution in [3.05, 3.63) is 0 Å². The molecule has 0 aliphatic carbocycles. The Morgan fingerprint density at radius 1 is 1.58 bits per heavy atom. The molecule has 0 radical (unpaired) electrons. The quantitative estimate of drug-likeness (QED) is 0.675. The van der Waals surface area contributed by atoms with Gasteiger partial charge in [-0.15, -0.1) is 0 Å². The summed E-state index contributed by atoms with van der Waals surface area (Å²) in [6, 6.07) is 1.89. The lowest BCUT2D eigenvalue weighted by molar-refractivity contribution is -0.123. The van der Waals surface area contributed by atoms with E-state index in [2.05, 4.69) is 5.32 Å². The Bertz CT molecular complexity index is 198. The van der Waals surface area contributed by atoms with E-state index in [0.29, 0.717) is 6.54 Å². The van der Waals surface area contributed by atoms with Crippen LogP contribution in [0.25, 0.3) is 0 Å². The maximum absolute atomic E-state index is 11.1. The fraction of sp³-hybridized carbons (Fsp3) is 0.778. The van der Waals surface area contributed by atoms with Crippen LogP contribution in [0.4, 0.5) is 0 Å². The van der Waals surface area contributed by atoms with E-state index >= 15 is 0 Å². The molecule has 0 saturated heterocycles. The number of nitriles is 1. The van der Waals surface area contributed by atoms with E-state index in [0.717, 1.165) is 0 Å². The fourth-order valence-corrected chi connectivity index (χ4v) is 0.564. The SMILES string of the molecule is CC(C#N)C(=O)NCC(C)(C)C. The second-order valence-corrected chi connectivity index (χ2v) is 4.13. The molecule has 0 heterocycles. The third-order valence-corrected chi connectivity index (χ3v) is 1.38. The van der Waals surface area contributed by atoms with Crippen molar-refractivity contribution in [2.45, 2.75) is 27.7 Å². The van der Waals surface area contributed by atoms with Crippen LogP contribution in [0, 0.1) is 22.7 Å². The second-order valence-electron chi connectivity index (χ2n) is 4.13. The normalized spacial score (nSPS) is 13.2. The Morgan fingerprint density at radius 2 is 2.08 bits per heavy atom. The van der Waals surface area contributed by atoms with Crippen LogP contribution >= 0.6 is 0 Å². The van der Waals surface area contributed by atoms with Gasteiger partial charge in [0.2, 0.25) is 5.91 Å². The lowest BCUT2D eigenvalue weighted by Crippen LogP contribution is -2.35. The molecule has 3 heteroatoms. The van der Waals surface area contributed by atoms with E-state index in [9.17, 15) is 4.79 Å². The van der Waals surface area contributed by atoms with Crippen molar-refractivity contribution in [1.82, 2.24) is 5.32 Å². The Labute approximate surface area is 73.8 Å². The van der Waals surface area contributed by atoms with Crippen LogP contribution in [-0.2, 0) is 4.79 Å². The molecule has 0 aromatic carbocycles. The third-order valence-electron chi connectivity index (χ3n) is 1.38. The minimum atomic E-state index is -0.549. The molecule has 0 aliphatic rings. The van der Waals surface area contributed by atoms with Gasteiger partial charge in [-0.2, -0.15) is 5.26 Å². The Balaban J connectivity index is 3.82. The van der Waals surface area contributed by atoms with Gasteiger partial charge in [-0.05, 0) is 12.3 Å². The third kappa shape index (κ3) is 4.73. The molecule has 0 bridgehead atoms. The van der Waals surface area contributed by atoms with Crippen LogP contribution < -0.4 is 5.32 Å². The minimum absolute atomic E-state index is 0.0742. The first-order valence-corrected chi connectivity index (χ1v) is 4.04. The van der Waals surface area contributed by atoms with Crippen LogP contribution in [-0.4, -0.2) is 12.5 Å². The minimum Gasteiger partial charge on any atom is -0.354 e. The summed E-state index contributed by atoms with van der Waals surface area (Å²) in [6.07, 6.45) is 0. The molecule has 0 aromatic heterocycles. The average Bonchev–Trinajstić information content (AvgIpc) is 1.97. The van der Waals surface area contributed by atoms with Crippen LogP contribution in [0.15, 0.2) is 0 Å². The monoisotopic (exact) mass is 168 g/mol. The van der Waals surface area contributed by atoms with Gasteiger partial charge >= 0.3 is 0 Å². The van der Waals surface area contributed by atoms with Crippen molar-refractivity contribution in [1.29, 1.82) is 5.26 Å². The van der Waals surface area contributed by atoms with E-state index in [1.54, 1.807) is 6.92 Å². The number of nitrogens with zero attached hydrogens (tertiary/aromatic N) is 1. The highest BCUT2D eigenvalue weighted by atomic mass is 16.1. The topological polar surface area (TPSA) is 52.9 Å². The first-order valence-electron chi connectivity index (χ1n) is 4.04. The highest BCUT2D eigenvalue weighted by molar-refractivity contribution is 5.80. The van der Waals surface area contributed by atoms with E-state index in [1.165, 1.54) is 0 Å².